The lowest BCUT2D eigenvalue weighted by Gasteiger charge is -2.36. The first kappa shape index (κ1) is 21.9. The summed E-state index contributed by atoms with van der Waals surface area (Å²) in [6.07, 6.45) is 3.75. The first-order valence-corrected chi connectivity index (χ1v) is 11.2. The van der Waals surface area contributed by atoms with Gasteiger partial charge in [0.1, 0.15) is 0 Å². The fourth-order valence-corrected chi connectivity index (χ4v) is 6.08. The van der Waals surface area contributed by atoms with Gasteiger partial charge in [0.25, 0.3) is 0 Å². The van der Waals surface area contributed by atoms with Crippen molar-refractivity contribution < 1.29 is 8.42 Å². The third-order valence-corrected chi connectivity index (χ3v) is 7.55. The summed E-state index contributed by atoms with van der Waals surface area (Å²) in [5.41, 5.74) is 2.79. The Bertz CT molecular complexity index is 864. The molecule has 0 amide bonds. The van der Waals surface area contributed by atoms with Crippen molar-refractivity contribution in [2.75, 3.05) is 5.75 Å². The van der Waals surface area contributed by atoms with E-state index < -0.39 is 15.4 Å². The van der Waals surface area contributed by atoms with Gasteiger partial charge in [-0.1, -0.05) is 74.7 Å². The van der Waals surface area contributed by atoms with Crippen LogP contribution < -0.4 is 5.32 Å². The second-order valence-electron chi connectivity index (χ2n) is 7.52. The molecule has 1 aliphatic rings. The highest BCUT2D eigenvalue weighted by Gasteiger charge is 2.41. The normalized spacial score (nSPS) is 23.7. The lowest BCUT2D eigenvalue weighted by atomic mass is 9.88. The number of hydrogen-bond acceptors (Lipinski definition) is 3. The van der Waals surface area contributed by atoms with Crippen LogP contribution >= 0.6 is 12.4 Å². The quantitative estimate of drug-likeness (QED) is 0.738. The molecule has 3 rings (SSSR count). The van der Waals surface area contributed by atoms with E-state index in [1.54, 1.807) is 6.07 Å². The van der Waals surface area contributed by atoms with Gasteiger partial charge in [-0.25, -0.2) is 8.42 Å². The molecule has 2 atom stereocenters. The van der Waals surface area contributed by atoms with Gasteiger partial charge in [0.05, 0.1) is 16.7 Å². The van der Waals surface area contributed by atoms with Crippen LogP contribution in [0.25, 0.3) is 0 Å². The molecule has 148 valence electrons. The summed E-state index contributed by atoms with van der Waals surface area (Å²) in [6, 6.07) is 15.8. The number of rotatable bonds is 5. The van der Waals surface area contributed by atoms with Crippen LogP contribution in [0, 0.1) is 6.92 Å². The van der Waals surface area contributed by atoms with Crippen molar-refractivity contribution in [3.8, 4) is 0 Å². The maximum atomic E-state index is 13.2. The van der Waals surface area contributed by atoms with E-state index in [4.69, 9.17) is 0 Å². The van der Waals surface area contributed by atoms with Crippen molar-refractivity contribution in [3.05, 3.63) is 65.2 Å². The largest absolute Gasteiger partial charge is 0.300 e. The third kappa shape index (κ3) is 4.56. The first-order chi connectivity index (χ1) is 12.4. The standard InChI is InChI=1S/C22H29NO2S.ClH/c1-4-6-15-22(5-2)16-26(24,25)20-10-8-7-9-19(20)21(23-22)18-13-11-17(3)12-14-18;/h7-14,21,23H,4-6,15-16H2,1-3H3;1H/t21-,22+;/m0./s1. The molecule has 2 aromatic rings. The highest BCUT2D eigenvalue weighted by atomic mass is 35.5. The predicted molar refractivity (Wildman–Crippen MR) is 114 cm³/mol. The van der Waals surface area contributed by atoms with E-state index in [-0.39, 0.29) is 24.2 Å². The fraction of sp³-hybridized carbons (Fsp3) is 0.455. The van der Waals surface area contributed by atoms with Gasteiger partial charge >= 0.3 is 0 Å². The minimum atomic E-state index is -3.34. The van der Waals surface area contributed by atoms with Gasteiger partial charge in [-0.15, -0.1) is 12.4 Å². The Morgan fingerprint density at radius 2 is 1.74 bits per heavy atom. The average Bonchev–Trinajstić information content (AvgIpc) is 2.74. The van der Waals surface area contributed by atoms with Crippen LogP contribution in [0.15, 0.2) is 53.4 Å². The Hall–Kier alpha value is -1.36. The molecule has 1 N–H and O–H groups in total. The van der Waals surface area contributed by atoms with Crippen molar-refractivity contribution >= 4 is 22.2 Å². The monoisotopic (exact) mass is 407 g/mol. The number of hydrogen-bond donors (Lipinski definition) is 1. The molecule has 1 aliphatic heterocycles. The number of nitrogens with one attached hydrogen (secondary N) is 1. The number of fused-ring (bicyclic) bond motifs is 1. The van der Waals surface area contributed by atoms with Crippen LogP contribution in [0.4, 0.5) is 0 Å². The minimum absolute atomic E-state index is 0. The molecule has 0 aliphatic carbocycles. The van der Waals surface area contributed by atoms with Crippen LogP contribution in [0.3, 0.4) is 0 Å². The Kier molecular flexibility index (Phi) is 7.12. The van der Waals surface area contributed by atoms with E-state index in [1.165, 1.54) is 5.56 Å². The fourth-order valence-electron chi connectivity index (χ4n) is 3.93. The van der Waals surface area contributed by atoms with Gasteiger partial charge in [0.2, 0.25) is 0 Å². The highest BCUT2D eigenvalue weighted by molar-refractivity contribution is 7.91. The van der Waals surface area contributed by atoms with Gasteiger partial charge in [0.15, 0.2) is 9.84 Å². The van der Waals surface area contributed by atoms with Gasteiger partial charge in [-0.2, -0.15) is 0 Å². The molecule has 5 heteroatoms. The predicted octanol–water partition coefficient (Wildman–Crippen LogP) is 5.22. The Morgan fingerprint density at radius 1 is 1.07 bits per heavy atom. The smallest absolute Gasteiger partial charge is 0.180 e. The summed E-state index contributed by atoms with van der Waals surface area (Å²) in [6.45, 7) is 6.32. The average molecular weight is 408 g/mol. The molecule has 0 bridgehead atoms. The lowest BCUT2D eigenvalue weighted by molar-refractivity contribution is 0.295. The Labute approximate surface area is 169 Å². The van der Waals surface area contributed by atoms with Crippen molar-refractivity contribution in [2.45, 2.75) is 62.9 Å². The molecular formula is C22H30ClNO2S. The first-order valence-electron chi connectivity index (χ1n) is 9.57. The number of benzene rings is 2. The van der Waals surface area contributed by atoms with E-state index in [1.807, 2.05) is 18.2 Å². The summed E-state index contributed by atoms with van der Waals surface area (Å²) in [4.78, 5) is 0.477. The SMILES string of the molecule is CCCC[C@]1(CC)CS(=O)(=O)c2ccccc2[C@H](c2ccc(C)cc2)N1.Cl. The molecular weight excluding hydrogens is 378 g/mol. The van der Waals surface area contributed by atoms with Crippen molar-refractivity contribution in [1.29, 1.82) is 0 Å². The zero-order valence-electron chi connectivity index (χ0n) is 16.4. The molecule has 3 nitrogen and oxygen atoms in total. The molecule has 2 aromatic carbocycles. The molecule has 0 saturated carbocycles. The molecule has 0 spiro atoms. The van der Waals surface area contributed by atoms with Crippen LogP contribution in [-0.2, 0) is 9.84 Å². The van der Waals surface area contributed by atoms with Crippen molar-refractivity contribution in [3.63, 3.8) is 0 Å². The maximum absolute atomic E-state index is 13.2. The van der Waals surface area contributed by atoms with E-state index in [9.17, 15) is 8.42 Å². The molecule has 27 heavy (non-hydrogen) atoms. The van der Waals surface area contributed by atoms with Crippen molar-refractivity contribution in [1.82, 2.24) is 5.32 Å². The molecule has 0 aromatic heterocycles. The van der Waals surface area contributed by atoms with Gasteiger partial charge in [-0.3, -0.25) is 5.32 Å². The maximum Gasteiger partial charge on any atom is 0.180 e. The van der Waals surface area contributed by atoms with Gasteiger partial charge in [-0.05, 0) is 37.0 Å². The summed E-state index contributed by atoms with van der Waals surface area (Å²) in [5, 5.41) is 3.78. The zero-order valence-corrected chi connectivity index (χ0v) is 18.0. The summed E-state index contributed by atoms with van der Waals surface area (Å²) in [5.74, 6) is 0.163. The van der Waals surface area contributed by atoms with Gasteiger partial charge in [0, 0.05) is 5.54 Å². The number of aryl methyl sites for hydroxylation is 1. The molecule has 0 unspecified atom stereocenters. The zero-order chi connectivity index (χ0) is 18.8. The second-order valence-corrected chi connectivity index (χ2v) is 9.48. The van der Waals surface area contributed by atoms with E-state index in [0.29, 0.717) is 4.90 Å². The van der Waals surface area contributed by atoms with Crippen molar-refractivity contribution in [2.24, 2.45) is 0 Å². The van der Waals surface area contributed by atoms with E-state index in [2.05, 4.69) is 50.4 Å². The third-order valence-electron chi connectivity index (χ3n) is 5.58. The number of sulfone groups is 1. The molecule has 0 saturated heterocycles. The molecule has 1 heterocycles. The minimum Gasteiger partial charge on any atom is -0.300 e. The summed E-state index contributed by atoms with van der Waals surface area (Å²) in [7, 11) is -3.34. The van der Waals surface area contributed by atoms with E-state index >= 15 is 0 Å². The molecule has 0 fully saturated rings. The van der Waals surface area contributed by atoms with Crippen LogP contribution in [-0.4, -0.2) is 19.7 Å². The highest BCUT2D eigenvalue weighted by Crippen LogP contribution is 2.37. The van der Waals surface area contributed by atoms with E-state index in [0.717, 1.165) is 36.8 Å². The lowest BCUT2D eigenvalue weighted by Crippen LogP contribution is -2.50. The molecule has 0 radical (unpaired) electrons. The van der Waals surface area contributed by atoms with Gasteiger partial charge < -0.3 is 0 Å². The van der Waals surface area contributed by atoms with Crippen LogP contribution in [0.5, 0.6) is 0 Å². The summed E-state index contributed by atoms with van der Waals surface area (Å²) >= 11 is 0. The Morgan fingerprint density at radius 3 is 2.37 bits per heavy atom. The van der Waals surface area contributed by atoms with Crippen LogP contribution in [0.2, 0.25) is 0 Å². The number of unbranched alkanes of at least 4 members (excludes halogenated alkanes) is 1. The number of halogens is 1. The van der Waals surface area contributed by atoms with Crippen LogP contribution in [0.1, 0.15) is 62.3 Å². The second kappa shape index (κ2) is 8.76. The summed E-state index contributed by atoms with van der Waals surface area (Å²) < 4.78 is 26.4. The topological polar surface area (TPSA) is 46.2 Å². The Balaban J connectivity index is 0.00000261.